The van der Waals surface area contributed by atoms with Gasteiger partial charge in [0.15, 0.2) is 0 Å². The second-order valence-electron chi connectivity index (χ2n) is 7.13. The zero-order valence-corrected chi connectivity index (χ0v) is 15.2. The molecule has 2 aromatic rings. The molecule has 1 amide bonds. The van der Waals surface area contributed by atoms with Crippen LogP contribution >= 0.6 is 0 Å². The highest BCUT2D eigenvalue weighted by Crippen LogP contribution is 2.22. The van der Waals surface area contributed by atoms with E-state index in [-0.39, 0.29) is 11.5 Å². The fourth-order valence-corrected chi connectivity index (χ4v) is 3.75. The predicted octanol–water partition coefficient (Wildman–Crippen LogP) is 2.14. The van der Waals surface area contributed by atoms with Crippen LogP contribution < -0.4 is 5.56 Å². The molecule has 0 spiro atoms. The summed E-state index contributed by atoms with van der Waals surface area (Å²) in [5.74, 6) is 0.726. The number of hydrogen-bond acceptors (Lipinski definition) is 4. The summed E-state index contributed by atoms with van der Waals surface area (Å²) in [5, 5.41) is 0.584. The minimum atomic E-state index is -0.140. The van der Waals surface area contributed by atoms with Gasteiger partial charge in [-0.25, -0.2) is 4.98 Å². The SMILES string of the molecule is CC1CCCC(C)N1C(=O)CN(C)Cc1nc2ccccc2c(=O)[nH]1. The van der Waals surface area contributed by atoms with Crippen LogP contribution in [-0.4, -0.2) is 51.4 Å². The number of amides is 1. The number of hydrogen-bond donors (Lipinski definition) is 1. The van der Waals surface area contributed by atoms with E-state index in [4.69, 9.17) is 0 Å². The zero-order chi connectivity index (χ0) is 18.0. The second-order valence-corrected chi connectivity index (χ2v) is 7.13. The summed E-state index contributed by atoms with van der Waals surface area (Å²) in [6, 6.07) is 7.87. The quantitative estimate of drug-likeness (QED) is 0.924. The van der Waals surface area contributed by atoms with E-state index in [9.17, 15) is 9.59 Å². The molecule has 6 heteroatoms. The van der Waals surface area contributed by atoms with Crippen molar-refractivity contribution in [2.24, 2.45) is 0 Å². The molecule has 0 radical (unpaired) electrons. The smallest absolute Gasteiger partial charge is 0.258 e. The Kier molecular flexibility index (Phi) is 5.18. The summed E-state index contributed by atoms with van der Waals surface area (Å²) < 4.78 is 0. The third-order valence-electron chi connectivity index (χ3n) is 4.97. The van der Waals surface area contributed by atoms with Crippen molar-refractivity contribution < 1.29 is 4.79 Å². The van der Waals surface area contributed by atoms with Gasteiger partial charge in [-0.05, 0) is 52.3 Å². The first-order chi connectivity index (χ1) is 12.0. The number of likely N-dealkylation sites (N-methyl/N-ethyl adjacent to an activating group) is 1. The van der Waals surface area contributed by atoms with Crippen LogP contribution in [0.5, 0.6) is 0 Å². The van der Waals surface area contributed by atoms with Gasteiger partial charge in [0.05, 0.1) is 24.0 Å². The number of aromatic amines is 1. The highest BCUT2D eigenvalue weighted by Gasteiger charge is 2.29. The number of para-hydroxylation sites is 1. The molecular formula is C19H26N4O2. The van der Waals surface area contributed by atoms with Crippen LogP contribution in [0.15, 0.2) is 29.1 Å². The number of piperidine rings is 1. The van der Waals surface area contributed by atoms with Crippen LogP contribution in [0.4, 0.5) is 0 Å². The summed E-state index contributed by atoms with van der Waals surface area (Å²) in [6.45, 7) is 5.00. The zero-order valence-electron chi connectivity index (χ0n) is 15.2. The van der Waals surface area contributed by atoms with E-state index in [2.05, 4.69) is 23.8 Å². The number of likely N-dealkylation sites (tertiary alicyclic amines) is 1. The lowest BCUT2D eigenvalue weighted by molar-refractivity contribution is -0.138. The molecule has 3 rings (SSSR count). The highest BCUT2D eigenvalue weighted by molar-refractivity contribution is 5.79. The molecular weight excluding hydrogens is 316 g/mol. The van der Waals surface area contributed by atoms with Gasteiger partial charge in [-0.3, -0.25) is 14.5 Å². The van der Waals surface area contributed by atoms with Crippen molar-refractivity contribution in [2.45, 2.75) is 51.7 Å². The number of aromatic nitrogens is 2. The number of benzene rings is 1. The van der Waals surface area contributed by atoms with Gasteiger partial charge >= 0.3 is 0 Å². The van der Waals surface area contributed by atoms with E-state index in [0.717, 1.165) is 12.8 Å². The van der Waals surface area contributed by atoms with Crippen LogP contribution in [-0.2, 0) is 11.3 Å². The first-order valence-electron chi connectivity index (χ1n) is 8.93. The molecule has 0 saturated carbocycles. The van der Waals surface area contributed by atoms with Gasteiger partial charge in [-0.15, -0.1) is 0 Å². The summed E-state index contributed by atoms with van der Waals surface area (Å²) in [4.78, 5) is 36.1. The monoisotopic (exact) mass is 342 g/mol. The first kappa shape index (κ1) is 17.6. The molecule has 1 aliphatic heterocycles. The van der Waals surface area contributed by atoms with Crippen molar-refractivity contribution in [2.75, 3.05) is 13.6 Å². The van der Waals surface area contributed by atoms with Gasteiger partial charge in [0.2, 0.25) is 5.91 Å². The van der Waals surface area contributed by atoms with Crippen molar-refractivity contribution in [1.29, 1.82) is 0 Å². The van der Waals surface area contributed by atoms with E-state index >= 15 is 0 Å². The van der Waals surface area contributed by atoms with Gasteiger partial charge in [0.25, 0.3) is 5.56 Å². The Morgan fingerprint density at radius 1 is 1.28 bits per heavy atom. The van der Waals surface area contributed by atoms with Crippen LogP contribution in [0.3, 0.4) is 0 Å². The molecule has 2 heterocycles. The molecule has 0 bridgehead atoms. The van der Waals surface area contributed by atoms with Crippen LogP contribution in [0.25, 0.3) is 10.9 Å². The Morgan fingerprint density at radius 2 is 1.96 bits per heavy atom. The Hall–Kier alpha value is -2.21. The Balaban J connectivity index is 1.69. The summed E-state index contributed by atoms with van der Waals surface area (Å²) in [7, 11) is 1.88. The third-order valence-corrected chi connectivity index (χ3v) is 4.97. The van der Waals surface area contributed by atoms with Gasteiger partial charge in [0.1, 0.15) is 5.82 Å². The van der Waals surface area contributed by atoms with E-state index in [1.807, 2.05) is 35.0 Å². The molecule has 2 unspecified atom stereocenters. The largest absolute Gasteiger partial charge is 0.336 e. The maximum atomic E-state index is 12.7. The molecule has 1 N–H and O–H groups in total. The normalized spacial score (nSPS) is 21.0. The van der Waals surface area contributed by atoms with Crippen molar-refractivity contribution in [1.82, 2.24) is 19.8 Å². The van der Waals surface area contributed by atoms with Crippen molar-refractivity contribution in [3.8, 4) is 0 Å². The molecule has 25 heavy (non-hydrogen) atoms. The number of nitrogens with zero attached hydrogens (tertiary/aromatic N) is 3. The molecule has 134 valence electrons. The van der Waals surface area contributed by atoms with Crippen molar-refractivity contribution in [3.63, 3.8) is 0 Å². The minimum absolute atomic E-state index is 0.140. The van der Waals surface area contributed by atoms with E-state index in [1.54, 1.807) is 6.07 Å². The number of H-pyrrole nitrogens is 1. The highest BCUT2D eigenvalue weighted by atomic mass is 16.2. The predicted molar refractivity (Wildman–Crippen MR) is 98.3 cm³/mol. The molecule has 6 nitrogen and oxygen atoms in total. The molecule has 1 aromatic carbocycles. The van der Waals surface area contributed by atoms with Crippen LogP contribution in [0, 0.1) is 0 Å². The lowest BCUT2D eigenvalue weighted by atomic mass is 9.97. The number of nitrogens with one attached hydrogen (secondary N) is 1. The van der Waals surface area contributed by atoms with E-state index in [0.29, 0.717) is 41.9 Å². The summed E-state index contributed by atoms with van der Waals surface area (Å²) in [6.07, 6.45) is 3.32. The Bertz CT molecular complexity index is 806. The second kappa shape index (κ2) is 7.35. The fourth-order valence-electron chi connectivity index (χ4n) is 3.75. The topological polar surface area (TPSA) is 69.3 Å². The van der Waals surface area contributed by atoms with E-state index < -0.39 is 0 Å². The molecule has 2 atom stereocenters. The van der Waals surface area contributed by atoms with Crippen LogP contribution in [0.2, 0.25) is 0 Å². The summed E-state index contributed by atoms with van der Waals surface area (Å²) >= 11 is 0. The van der Waals surface area contributed by atoms with Gasteiger partial charge in [-0.1, -0.05) is 12.1 Å². The van der Waals surface area contributed by atoms with Crippen molar-refractivity contribution in [3.05, 3.63) is 40.4 Å². The molecule has 1 fully saturated rings. The van der Waals surface area contributed by atoms with E-state index in [1.165, 1.54) is 6.42 Å². The average molecular weight is 342 g/mol. The molecule has 1 aliphatic rings. The molecule has 0 aliphatic carbocycles. The van der Waals surface area contributed by atoms with Crippen molar-refractivity contribution >= 4 is 16.8 Å². The number of fused-ring (bicyclic) bond motifs is 1. The maximum Gasteiger partial charge on any atom is 0.258 e. The number of rotatable bonds is 4. The first-order valence-corrected chi connectivity index (χ1v) is 8.93. The lowest BCUT2D eigenvalue weighted by Crippen LogP contribution is -2.50. The average Bonchev–Trinajstić information content (AvgIpc) is 2.54. The summed E-state index contributed by atoms with van der Waals surface area (Å²) in [5.41, 5.74) is 0.540. The lowest BCUT2D eigenvalue weighted by Gasteiger charge is -2.39. The maximum absolute atomic E-state index is 12.7. The fraction of sp³-hybridized carbons (Fsp3) is 0.526. The molecule has 1 aromatic heterocycles. The van der Waals surface area contributed by atoms with Gasteiger partial charge in [-0.2, -0.15) is 0 Å². The minimum Gasteiger partial charge on any atom is -0.336 e. The van der Waals surface area contributed by atoms with Gasteiger partial charge in [0, 0.05) is 12.1 Å². The number of carbonyl (C=O) groups is 1. The van der Waals surface area contributed by atoms with Crippen LogP contribution in [0.1, 0.15) is 38.9 Å². The van der Waals surface area contributed by atoms with Gasteiger partial charge < -0.3 is 9.88 Å². The third kappa shape index (κ3) is 3.90. The Morgan fingerprint density at radius 3 is 2.68 bits per heavy atom. The standard InChI is InChI=1S/C19H26N4O2/c1-13-7-6-8-14(2)23(13)18(24)12-22(3)11-17-20-16-10-5-4-9-15(16)19(25)21-17/h4-5,9-10,13-14H,6-8,11-12H2,1-3H3,(H,20,21,25). The molecule has 1 saturated heterocycles. The number of carbonyl (C=O) groups excluding carboxylic acids is 1. The Labute approximate surface area is 147 Å².